The SMILES string of the molecule is c1ccc(-c2ccc3ccc4ccc(-c5cccc(-c6ccc7sc8ccc9c(-c%10cccc(-c%11cccc(-c%12cc(-c%13ccc%14oc%15c(-c%16cccc(-c%17ccc%18sc%19ccc%20c(-c%21ccccc%21)nc%21ccccc%21c%20c%19c%18c%17)c%16)cccc%15c%14c%13)nc(-c%13ccccc%13)n%12)c%11)c%10)nc%10ccccc%10c9c8c7c6)c5)nc4c3n2)cc1. The van der Waals surface area contributed by atoms with E-state index in [1.54, 1.807) is 0 Å². The van der Waals surface area contributed by atoms with Crippen LogP contribution in [0.25, 0.3) is 251 Å². The normalized spacial score (nSPS) is 11.9. The van der Waals surface area contributed by atoms with E-state index in [0.717, 1.165) is 194 Å². The zero-order chi connectivity index (χ0) is 76.8. The number of para-hydroxylation sites is 3. The number of furan rings is 1. The first-order chi connectivity index (χ1) is 57.9. The topological polar surface area (TPSA) is 90.5 Å². The third kappa shape index (κ3) is 11.2. The predicted octanol–water partition coefficient (Wildman–Crippen LogP) is 29.9. The van der Waals surface area contributed by atoms with Crippen LogP contribution in [0.3, 0.4) is 0 Å². The van der Waals surface area contributed by atoms with Crippen molar-refractivity contribution in [1.29, 1.82) is 0 Å². The van der Waals surface area contributed by atoms with E-state index < -0.39 is 0 Å². The molecule has 117 heavy (non-hydrogen) atoms. The van der Waals surface area contributed by atoms with Gasteiger partial charge in [-0.25, -0.2) is 29.9 Å². The highest BCUT2D eigenvalue weighted by Gasteiger charge is 2.23. The fourth-order valence-electron chi connectivity index (χ4n) is 17.8. The van der Waals surface area contributed by atoms with Crippen molar-refractivity contribution in [3.63, 3.8) is 0 Å². The highest BCUT2D eigenvalue weighted by atomic mass is 32.1. The summed E-state index contributed by atoms with van der Waals surface area (Å²) in [6.07, 6.45) is 0. The van der Waals surface area contributed by atoms with Crippen LogP contribution < -0.4 is 0 Å². The number of rotatable bonds is 11. The van der Waals surface area contributed by atoms with Gasteiger partial charge in [0.2, 0.25) is 0 Å². The Hall–Kier alpha value is -15.0. The highest BCUT2D eigenvalue weighted by Crippen LogP contribution is 2.49. The molecule has 16 aromatic carbocycles. The van der Waals surface area contributed by atoms with Crippen LogP contribution >= 0.6 is 22.7 Å². The molecule has 24 aromatic rings. The van der Waals surface area contributed by atoms with Gasteiger partial charge in [-0.2, -0.15) is 0 Å². The second kappa shape index (κ2) is 26.8. The van der Waals surface area contributed by atoms with Crippen molar-refractivity contribution in [2.45, 2.75) is 0 Å². The second-order valence-electron chi connectivity index (χ2n) is 30.3. The van der Waals surface area contributed by atoms with Crippen LogP contribution in [0, 0.1) is 0 Å². The number of fused-ring (bicyclic) bond motifs is 20. The average Bonchev–Trinajstić information content (AvgIpc) is 1.64. The molecule has 9 heteroatoms. The fraction of sp³-hybridized carbons (Fsp3) is 0. The first-order valence-corrected chi connectivity index (χ1v) is 41.1. The summed E-state index contributed by atoms with van der Waals surface area (Å²) >= 11 is 3.69. The van der Waals surface area contributed by atoms with E-state index in [-0.39, 0.29) is 0 Å². The Bertz CT molecular complexity index is 8280. The van der Waals surface area contributed by atoms with Gasteiger partial charge in [0.05, 0.1) is 56.2 Å². The molecule has 542 valence electrons. The van der Waals surface area contributed by atoms with Crippen LogP contribution in [0.5, 0.6) is 0 Å². The van der Waals surface area contributed by atoms with E-state index in [9.17, 15) is 0 Å². The maximum absolute atomic E-state index is 6.95. The number of hydrogen-bond donors (Lipinski definition) is 0. The Morgan fingerprint density at radius 3 is 1.19 bits per heavy atom. The minimum Gasteiger partial charge on any atom is -0.455 e. The number of aromatic nitrogens is 6. The molecule has 0 saturated carbocycles. The van der Waals surface area contributed by atoms with Gasteiger partial charge in [0.25, 0.3) is 0 Å². The van der Waals surface area contributed by atoms with Crippen molar-refractivity contribution < 1.29 is 4.42 Å². The van der Waals surface area contributed by atoms with Crippen molar-refractivity contribution in [2.24, 2.45) is 0 Å². The van der Waals surface area contributed by atoms with Crippen LogP contribution in [-0.4, -0.2) is 29.9 Å². The van der Waals surface area contributed by atoms with Gasteiger partial charge in [-0.3, -0.25) is 0 Å². The first kappa shape index (κ1) is 66.6. The maximum Gasteiger partial charge on any atom is 0.160 e. The molecule has 0 amide bonds. The lowest BCUT2D eigenvalue weighted by Gasteiger charge is -2.13. The summed E-state index contributed by atoms with van der Waals surface area (Å²) in [6, 6.07) is 135. The number of benzene rings is 16. The molecule has 0 N–H and O–H groups in total. The van der Waals surface area contributed by atoms with Gasteiger partial charge in [-0.1, -0.05) is 267 Å². The number of thiophene rings is 2. The standard InChI is InChI=1S/C108H62N6OS2/c1-4-19-63(20-5-1)88-48-41-65-39-40-66-42-49-89(110-106(66)105(65)109-88)75-30-15-27-70(56-75)73-45-52-96-87(60-73)102-98(117-96)54-47-84-100(102)82-34-11-13-38-91(82)112-104(84)78-32-17-28-71(58-78)69-26-16-31-76(57-69)92-62-93(114-108(113-92)67-23-8-3-9-24-67)77-43-50-94-85(61-77)80-36-18-35-79(107(80)115-94)74-29-14-25-68(55-74)72-44-51-95-86(59-72)101-97(116-95)53-46-83-99(101)81-33-10-12-37-90(81)111-103(83)64-21-6-2-7-22-64/h1-62H. The molecule has 7 nitrogen and oxygen atoms in total. The molecule has 0 bridgehead atoms. The molecule has 24 rings (SSSR count). The monoisotopic (exact) mass is 1520 g/mol. The van der Waals surface area contributed by atoms with Gasteiger partial charge in [-0.15, -0.1) is 22.7 Å². The maximum atomic E-state index is 6.95. The van der Waals surface area contributed by atoms with Crippen molar-refractivity contribution in [3.05, 3.63) is 376 Å². The quantitative estimate of drug-likeness (QED) is 0.119. The average molecular weight is 1520 g/mol. The summed E-state index contributed by atoms with van der Waals surface area (Å²) < 4.78 is 11.9. The van der Waals surface area contributed by atoms with Crippen molar-refractivity contribution >= 4 is 150 Å². The third-order valence-corrected chi connectivity index (χ3v) is 25.7. The summed E-state index contributed by atoms with van der Waals surface area (Å²) in [5, 5.41) is 16.1. The molecular weight excluding hydrogens is 1460 g/mol. The van der Waals surface area contributed by atoms with Gasteiger partial charge >= 0.3 is 0 Å². The lowest BCUT2D eigenvalue weighted by Crippen LogP contribution is -1.96. The smallest absolute Gasteiger partial charge is 0.160 e. The Balaban J connectivity index is 0.561. The fourth-order valence-corrected chi connectivity index (χ4v) is 20.0. The molecule has 0 saturated heterocycles. The molecule has 0 aliphatic heterocycles. The molecule has 0 aliphatic rings. The van der Waals surface area contributed by atoms with Crippen LogP contribution in [0.15, 0.2) is 381 Å². The van der Waals surface area contributed by atoms with Gasteiger partial charge in [0, 0.05) is 139 Å². The summed E-state index contributed by atoms with van der Waals surface area (Å²) in [7, 11) is 0. The highest BCUT2D eigenvalue weighted by molar-refractivity contribution is 7.26. The first-order valence-electron chi connectivity index (χ1n) is 39.4. The summed E-state index contributed by atoms with van der Waals surface area (Å²) in [6.45, 7) is 0. The minimum atomic E-state index is 0.643. The van der Waals surface area contributed by atoms with E-state index in [4.69, 9.17) is 34.3 Å². The van der Waals surface area contributed by atoms with Gasteiger partial charge < -0.3 is 4.42 Å². The van der Waals surface area contributed by atoms with Crippen LogP contribution in [-0.2, 0) is 0 Å². The van der Waals surface area contributed by atoms with Gasteiger partial charge in [0.1, 0.15) is 11.2 Å². The molecule has 0 radical (unpaired) electrons. The third-order valence-electron chi connectivity index (χ3n) is 23.4. The molecule has 0 fully saturated rings. The van der Waals surface area contributed by atoms with Crippen molar-refractivity contribution in [1.82, 2.24) is 29.9 Å². The van der Waals surface area contributed by atoms with E-state index in [1.807, 2.05) is 46.9 Å². The minimum absolute atomic E-state index is 0.643. The molecule has 0 unspecified atom stereocenters. The molecule has 0 atom stereocenters. The van der Waals surface area contributed by atoms with E-state index in [0.29, 0.717) is 5.82 Å². The zero-order valence-corrected chi connectivity index (χ0v) is 64.3. The molecular formula is C108H62N6OS2. The van der Waals surface area contributed by atoms with Crippen LogP contribution in [0.4, 0.5) is 0 Å². The Morgan fingerprint density at radius 1 is 0.205 bits per heavy atom. The molecule has 8 aromatic heterocycles. The largest absolute Gasteiger partial charge is 0.455 e. The Labute approximate surface area is 679 Å². The number of pyridine rings is 4. The predicted molar refractivity (Wildman–Crippen MR) is 491 cm³/mol. The number of nitrogens with zero attached hydrogens (tertiary/aromatic N) is 6. The van der Waals surface area contributed by atoms with E-state index in [2.05, 4.69) is 352 Å². The lowest BCUT2D eigenvalue weighted by molar-refractivity contribution is 0.670. The van der Waals surface area contributed by atoms with Crippen molar-refractivity contribution in [2.75, 3.05) is 0 Å². The summed E-state index contributed by atoms with van der Waals surface area (Å²) in [5.41, 5.74) is 26.7. The Kier molecular flexibility index (Phi) is 15.3. The Morgan fingerprint density at radius 2 is 0.607 bits per heavy atom. The van der Waals surface area contributed by atoms with Crippen LogP contribution in [0.1, 0.15) is 0 Å². The van der Waals surface area contributed by atoms with Crippen LogP contribution in [0.2, 0.25) is 0 Å². The summed E-state index contributed by atoms with van der Waals surface area (Å²) in [5.74, 6) is 0.643. The molecule has 0 aliphatic carbocycles. The van der Waals surface area contributed by atoms with E-state index >= 15 is 0 Å². The zero-order valence-electron chi connectivity index (χ0n) is 62.7. The van der Waals surface area contributed by atoms with E-state index in [1.165, 1.54) is 51.1 Å². The van der Waals surface area contributed by atoms with Gasteiger partial charge in [-0.05, 0) is 148 Å². The second-order valence-corrected chi connectivity index (χ2v) is 32.5. The molecule has 0 spiro atoms. The van der Waals surface area contributed by atoms with Gasteiger partial charge in [0.15, 0.2) is 5.82 Å². The summed E-state index contributed by atoms with van der Waals surface area (Å²) in [4.78, 5) is 32.1. The lowest BCUT2D eigenvalue weighted by atomic mass is 9.93. The van der Waals surface area contributed by atoms with Crippen molar-refractivity contribution in [3.8, 4) is 123 Å². The molecule has 8 heterocycles. The number of hydrogen-bond acceptors (Lipinski definition) is 9.